The van der Waals surface area contributed by atoms with E-state index in [0.717, 1.165) is 12.8 Å². The van der Waals surface area contributed by atoms with E-state index in [4.69, 9.17) is 0 Å². The summed E-state index contributed by atoms with van der Waals surface area (Å²) >= 11 is 0. The van der Waals surface area contributed by atoms with Gasteiger partial charge in [0.05, 0.1) is 0 Å². The van der Waals surface area contributed by atoms with E-state index in [9.17, 15) is 9.59 Å². The minimum Gasteiger partial charge on any atom is -0.388 e. The van der Waals surface area contributed by atoms with Gasteiger partial charge in [-0.1, -0.05) is 30.7 Å². The van der Waals surface area contributed by atoms with Crippen LogP contribution in [-0.2, 0) is 26.4 Å². The first-order chi connectivity index (χ1) is 11.2. The molecule has 5 heteroatoms. The van der Waals surface area contributed by atoms with Crippen molar-refractivity contribution in [1.82, 2.24) is 10.6 Å². The molecule has 0 bridgehead atoms. The molecule has 0 spiro atoms. The molecular formula is C19H21CoN2O2-. The summed E-state index contributed by atoms with van der Waals surface area (Å²) in [7, 11) is 0. The third-order valence-corrected chi connectivity index (χ3v) is 3.49. The van der Waals surface area contributed by atoms with Crippen molar-refractivity contribution >= 4 is 11.6 Å². The molecule has 2 aliphatic rings. The third-order valence-electron chi connectivity index (χ3n) is 3.49. The van der Waals surface area contributed by atoms with Crippen LogP contribution in [0.2, 0.25) is 0 Å². The van der Waals surface area contributed by atoms with Gasteiger partial charge in [-0.2, -0.15) is 6.42 Å². The molecule has 2 aliphatic carbocycles. The SMILES string of the molecule is [CH2-]CCC(CN/C=C1/C=CC=CC1=O)N/C=C1/C=CC=CC1=O.[Co]. The van der Waals surface area contributed by atoms with Crippen LogP contribution < -0.4 is 10.6 Å². The summed E-state index contributed by atoms with van der Waals surface area (Å²) in [4.78, 5) is 23.3. The maximum absolute atomic E-state index is 11.7. The van der Waals surface area contributed by atoms with Crippen molar-refractivity contribution in [2.75, 3.05) is 6.54 Å². The molecular weight excluding hydrogens is 347 g/mol. The van der Waals surface area contributed by atoms with Crippen molar-refractivity contribution < 1.29 is 26.4 Å². The minimum atomic E-state index is -0.00632. The van der Waals surface area contributed by atoms with Crippen LogP contribution in [0.1, 0.15) is 12.8 Å². The van der Waals surface area contributed by atoms with Crippen LogP contribution in [0.5, 0.6) is 0 Å². The van der Waals surface area contributed by atoms with Gasteiger partial charge in [0.15, 0.2) is 11.6 Å². The van der Waals surface area contributed by atoms with Crippen LogP contribution in [0.3, 0.4) is 0 Å². The van der Waals surface area contributed by atoms with Crippen molar-refractivity contribution in [3.8, 4) is 0 Å². The Morgan fingerprint density at radius 2 is 1.46 bits per heavy atom. The molecule has 0 aliphatic heterocycles. The van der Waals surface area contributed by atoms with E-state index in [0.29, 0.717) is 17.7 Å². The van der Waals surface area contributed by atoms with E-state index < -0.39 is 0 Å². The molecule has 4 nitrogen and oxygen atoms in total. The summed E-state index contributed by atoms with van der Waals surface area (Å²) in [6.07, 6.45) is 18.9. The number of carbonyl (C=O) groups excluding carboxylic acids is 2. The molecule has 2 rings (SSSR count). The first-order valence-electron chi connectivity index (χ1n) is 7.68. The predicted octanol–water partition coefficient (Wildman–Crippen LogP) is 2.30. The Balaban J connectivity index is 0.00000288. The van der Waals surface area contributed by atoms with Crippen LogP contribution in [-0.4, -0.2) is 24.2 Å². The van der Waals surface area contributed by atoms with Gasteiger partial charge in [-0.05, 0) is 24.3 Å². The van der Waals surface area contributed by atoms with Gasteiger partial charge in [-0.3, -0.25) is 9.59 Å². The molecule has 0 heterocycles. The monoisotopic (exact) mass is 368 g/mol. The molecule has 0 aromatic rings. The number of ketones is 2. The Labute approximate surface area is 153 Å². The van der Waals surface area contributed by atoms with Gasteiger partial charge in [0.25, 0.3) is 0 Å². The van der Waals surface area contributed by atoms with Gasteiger partial charge in [0.2, 0.25) is 0 Å². The smallest absolute Gasteiger partial charge is 0.187 e. The number of allylic oxidation sites excluding steroid dienone is 10. The van der Waals surface area contributed by atoms with Gasteiger partial charge in [0.1, 0.15) is 0 Å². The number of nitrogens with one attached hydrogen (secondary N) is 2. The van der Waals surface area contributed by atoms with Crippen LogP contribution in [0, 0.1) is 6.92 Å². The van der Waals surface area contributed by atoms with E-state index in [-0.39, 0.29) is 34.4 Å². The summed E-state index contributed by atoms with van der Waals surface area (Å²) in [5.41, 5.74) is 1.27. The largest absolute Gasteiger partial charge is 0.388 e. The Morgan fingerprint density at radius 3 is 2.00 bits per heavy atom. The maximum Gasteiger partial charge on any atom is 0.187 e. The normalized spacial score (nSPS) is 20.4. The first-order valence-corrected chi connectivity index (χ1v) is 7.68. The van der Waals surface area contributed by atoms with Crippen LogP contribution in [0.25, 0.3) is 0 Å². The minimum absolute atomic E-state index is 0. The molecule has 1 radical (unpaired) electrons. The molecule has 1 unspecified atom stereocenters. The first kappa shape index (κ1) is 19.9. The Morgan fingerprint density at radius 1 is 0.917 bits per heavy atom. The zero-order chi connectivity index (χ0) is 16.5. The molecule has 2 N–H and O–H groups in total. The van der Waals surface area contributed by atoms with Crippen molar-refractivity contribution in [2.45, 2.75) is 18.9 Å². The van der Waals surface area contributed by atoms with Gasteiger partial charge >= 0.3 is 0 Å². The zero-order valence-corrected chi connectivity index (χ0v) is 14.4. The Kier molecular flexibility index (Phi) is 8.82. The Hall–Kier alpha value is -2.11. The number of rotatable bonds is 7. The van der Waals surface area contributed by atoms with Crippen molar-refractivity contribution in [1.29, 1.82) is 0 Å². The van der Waals surface area contributed by atoms with Gasteiger partial charge in [-0.25, -0.2) is 0 Å². The topological polar surface area (TPSA) is 58.2 Å². The molecule has 0 aromatic heterocycles. The van der Waals surface area contributed by atoms with E-state index in [1.165, 1.54) is 6.08 Å². The zero-order valence-electron chi connectivity index (χ0n) is 13.3. The fourth-order valence-electron chi connectivity index (χ4n) is 2.21. The standard InChI is InChI=1S/C19H21N2O2.Co/c1-2-7-17(21-13-16-9-4-6-11-19(16)23)14-20-12-15-8-3-5-10-18(15)22;/h3-6,8-13,17,20-21H,1-2,7,14H2;/q-1;/b15-12-,16-13-;. The molecule has 0 amide bonds. The Bertz CT molecular complexity index is 640. The second-order valence-electron chi connectivity index (χ2n) is 5.28. The van der Waals surface area contributed by atoms with E-state index in [2.05, 4.69) is 17.6 Å². The summed E-state index contributed by atoms with van der Waals surface area (Å²) in [6.45, 7) is 4.52. The number of hydrogen-bond acceptors (Lipinski definition) is 4. The van der Waals surface area contributed by atoms with Gasteiger partial charge in [-0.15, -0.1) is 0 Å². The number of hydrogen-bond donors (Lipinski definition) is 2. The van der Waals surface area contributed by atoms with E-state index in [1.54, 1.807) is 42.8 Å². The second-order valence-corrected chi connectivity index (χ2v) is 5.28. The van der Waals surface area contributed by atoms with Crippen molar-refractivity contribution in [2.24, 2.45) is 0 Å². The van der Waals surface area contributed by atoms with E-state index >= 15 is 0 Å². The molecule has 1 atom stereocenters. The number of carbonyl (C=O) groups is 2. The van der Waals surface area contributed by atoms with Crippen LogP contribution in [0.15, 0.2) is 72.2 Å². The van der Waals surface area contributed by atoms with Gasteiger partial charge < -0.3 is 17.6 Å². The molecule has 0 aromatic carbocycles. The molecule has 129 valence electrons. The molecule has 0 saturated carbocycles. The quantitative estimate of drug-likeness (QED) is 0.535. The fourth-order valence-corrected chi connectivity index (χ4v) is 2.21. The summed E-state index contributed by atoms with van der Waals surface area (Å²) in [6, 6.07) is 0.127. The van der Waals surface area contributed by atoms with Gasteiger partial charge in [0, 0.05) is 52.9 Å². The van der Waals surface area contributed by atoms with Crippen molar-refractivity contribution in [3.05, 3.63) is 79.1 Å². The maximum atomic E-state index is 11.7. The van der Waals surface area contributed by atoms with Crippen LogP contribution >= 0.6 is 0 Å². The second kappa shape index (κ2) is 10.6. The van der Waals surface area contributed by atoms with Crippen LogP contribution in [0.4, 0.5) is 0 Å². The van der Waals surface area contributed by atoms with E-state index in [1.807, 2.05) is 12.2 Å². The predicted molar refractivity (Wildman–Crippen MR) is 92.3 cm³/mol. The molecule has 0 fully saturated rings. The fraction of sp³-hybridized carbons (Fsp3) is 0.211. The third kappa shape index (κ3) is 6.18. The average molecular weight is 368 g/mol. The molecule has 0 saturated heterocycles. The molecule has 24 heavy (non-hydrogen) atoms. The summed E-state index contributed by atoms with van der Waals surface area (Å²) in [5.74, 6) is -0.0123. The average Bonchev–Trinajstić information content (AvgIpc) is 2.55. The summed E-state index contributed by atoms with van der Waals surface area (Å²) < 4.78 is 0. The summed E-state index contributed by atoms with van der Waals surface area (Å²) in [5, 5.41) is 6.42. The van der Waals surface area contributed by atoms with Crippen molar-refractivity contribution in [3.63, 3.8) is 0 Å².